The third-order valence-corrected chi connectivity index (χ3v) is 10.0. The van der Waals surface area contributed by atoms with Crippen LogP contribution < -0.4 is 0 Å². The average molecular weight is 519 g/mol. The minimum absolute atomic E-state index is 0.0217. The van der Waals surface area contributed by atoms with Crippen LogP contribution in [0.15, 0.2) is 24.3 Å². The fourth-order valence-electron chi connectivity index (χ4n) is 7.36. The first kappa shape index (κ1) is 25.0. The van der Waals surface area contributed by atoms with Crippen LogP contribution in [0.25, 0.3) is 0 Å². The maximum absolute atomic E-state index is 13.0. The highest BCUT2D eigenvalue weighted by molar-refractivity contribution is 5.84. The van der Waals surface area contributed by atoms with Crippen molar-refractivity contribution in [3.05, 3.63) is 24.3 Å². The van der Waals surface area contributed by atoms with Crippen molar-refractivity contribution in [2.75, 3.05) is 19.8 Å². The first-order valence-corrected chi connectivity index (χ1v) is 13.1. The van der Waals surface area contributed by atoms with Gasteiger partial charge in [0.25, 0.3) is 0 Å². The second-order valence-electron chi connectivity index (χ2n) is 11.8. The third kappa shape index (κ3) is 3.56. The van der Waals surface area contributed by atoms with Gasteiger partial charge in [0.05, 0.1) is 36.4 Å². The first-order valence-electron chi connectivity index (χ1n) is 13.1. The highest BCUT2D eigenvalue weighted by Gasteiger charge is 2.86. The molecule has 4 aliphatic heterocycles. The van der Waals surface area contributed by atoms with Crippen molar-refractivity contribution in [3.63, 3.8) is 0 Å². The van der Waals surface area contributed by atoms with Crippen molar-refractivity contribution >= 4 is 17.9 Å². The van der Waals surface area contributed by atoms with E-state index in [0.29, 0.717) is 19.4 Å². The van der Waals surface area contributed by atoms with Crippen LogP contribution in [-0.2, 0) is 42.8 Å². The SMILES string of the molecule is C[C@@H]1CCOC(=O)/C=C/C=C\C(=O)O[C@@H]2C[C@H]3O[C@@H]4[C@@H]5OC5(C)CCC4(COC(=O)[C@H]1O)[C@]2(C)C31CO1. The molecular formula is C27H34O10. The Balaban J connectivity index is 1.37. The Morgan fingerprint density at radius 1 is 0.946 bits per heavy atom. The second kappa shape index (κ2) is 8.36. The molecular weight excluding hydrogens is 484 g/mol. The Morgan fingerprint density at radius 3 is 2.41 bits per heavy atom. The maximum Gasteiger partial charge on any atom is 0.335 e. The van der Waals surface area contributed by atoms with Gasteiger partial charge in [-0.2, -0.15) is 0 Å². The molecule has 10 nitrogen and oxygen atoms in total. The van der Waals surface area contributed by atoms with Gasteiger partial charge >= 0.3 is 17.9 Å². The van der Waals surface area contributed by atoms with E-state index in [1.807, 2.05) is 0 Å². The van der Waals surface area contributed by atoms with E-state index in [-0.39, 0.29) is 43.5 Å². The van der Waals surface area contributed by atoms with E-state index in [4.69, 9.17) is 28.4 Å². The van der Waals surface area contributed by atoms with Gasteiger partial charge in [0.1, 0.15) is 24.4 Å². The number of carbonyl (C=O) groups is 3. The number of carbonyl (C=O) groups excluding carboxylic acids is 3. The number of hydrogen-bond donors (Lipinski definition) is 1. The molecule has 0 amide bonds. The summed E-state index contributed by atoms with van der Waals surface area (Å²) in [5, 5.41) is 10.7. The van der Waals surface area contributed by atoms with Crippen molar-refractivity contribution in [3.8, 4) is 0 Å². The number of allylic oxidation sites excluding steroid dienone is 2. The van der Waals surface area contributed by atoms with Crippen LogP contribution in [0.2, 0.25) is 0 Å². The van der Waals surface area contributed by atoms with Crippen molar-refractivity contribution in [1.82, 2.24) is 0 Å². The van der Waals surface area contributed by atoms with Crippen molar-refractivity contribution in [2.45, 2.75) is 88.2 Å². The minimum Gasteiger partial charge on any atom is -0.463 e. The Hall–Kier alpha value is -2.27. The summed E-state index contributed by atoms with van der Waals surface area (Å²) in [7, 11) is 0. The molecule has 0 aromatic heterocycles. The summed E-state index contributed by atoms with van der Waals surface area (Å²) in [5.74, 6) is -2.38. The lowest BCUT2D eigenvalue weighted by molar-refractivity contribution is -0.252. The minimum atomic E-state index is -1.38. The molecule has 4 heterocycles. The number of rotatable bonds is 0. The second-order valence-corrected chi connectivity index (χ2v) is 11.8. The van der Waals surface area contributed by atoms with Gasteiger partial charge in [-0.1, -0.05) is 26.0 Å². The van der Waals surface area contributed by atoms with E-state index in [1.54, 1.807) is 6.92 Å². The fraction of sp³-hybridized carbons (Fsp3) is 0.741. The summed E-state index contributed by atoms with van der Waals surface area (Å²) < 4.78 is 35.9. The van der Waals surface area contributed by atoms with E-state index >= 15 is 0 Å². The molecule has 0 radical (unpaired) electrons. The largest absolute Gasteiger partial charge is 0.463 e. The summed E-state index contributed by atoms with van der Waals surface area (Å²) in [5.41, 5.74) is -2.40. The quantitative estimate of drug-likeness (QED) is 0.285. The number of cyclic esters (lactones) is 2. The number of aliphatic hydroxyl groups excluding tert-OH is 1. The first-order chi connectivity index (χ1) is 17.6. The molecule has 1 N–H and O–H groups in total. The van der Waals surface area contributed by atoms with Gasteiger partial charge in [-0.15, -0.1) is 0 Å². The van der Waals surface area contributed by atoms with Gasteiger partial charge in [0.15, 0.2) is 6.10 Å². The molecule has 10 atom stereocenters. The Kier molecular flexibility index (Phi) is 5.66. The van der Waals surface area contributed by atoms with Gasteiger partial charge in [-0.05, 0) is 32.1 Å². The molecule has 2 spiro atoms. The molecule has 6 rings (SSSR count). The zero-order valence-corrected chi connectivity index (χ0v) is 21.3. The molecule has 3 saturated heterocycles. The highest BCUT2D eigenvalue weighted by Crippen LogP contribution is 2.75. The van der Waals surface area contributed by atoms with Crippen LogP contribution in [0.3, 0.4) is 0 Å². The molecule has 37 heavy (non-hydrogen) atoms. The molecule has 0 aromatic rings. The number of epoxide rings is 2. The lowest BCUT2D eigenvalue weighted by Gasteiger charge is -2.58. The molecule has 10 heteroatoms. The maximum atomic E-state index is 13.0. The summed E-state index contributed by atoms with van der Waals surface area (Å²) >= 11 is 0. The fourth-order valence-corrected chi connectivity index (χ4v) is 7.36. The Labute approximate surface area is 215 Å². The van der Waals surface area contributed by atoms with Gasteiger partial charge in [-0.3, -0.25) is 0 Å². The van der Waals surface area contributed by atoms with Crippen LogP contribution >= 0.6 is 0 Å². The van der Waals surface area contributed by atoms with Crippen LogP contribution in [-0.4, -0.2) is 84.6 Å². The van der Waals surface area contributed by atoms with Crippen molar-refractivity contribution in [1.29, 1.82) is 0 Å². The summed E-state index contributed by atoms with van der Waals surface area (Å²) in [6.45, 7) is 6.30. The number of fused-ring (bicyclic) bond motifs is 2. The summed E-state index contributed by atoms with van der Waals surface area (Å²) in [6.07, 6.45) is 4.66. The van der Waals surface area contributed by atoms with E-state index in [9.17, 15) is 19.5 Å². The van der Waals surface area contributed by atoms with Crippen LogP contribution in [0.5, 0.6) is 0 Å². The zero-order chi connectivity index (χ0) is 26.2. The molecule has 5 fully saturated rings. The van der Waals surface area contributed by atoms with Crippen LogP contribution in [0.1, 0.15) is 46.5 Å². The number of aliphatic hydroxyl groups is 1. The van der Waals surface area contributed by atoms with Crippen molar-refractivity contribution < 1.29 is 47.9 Å². The number of esters is 3. The molecule has 6 aliphatic rings. The highest BCUT2D eigenvalue weighted by atomic mass is 16.7. The Bertz CT molecular complexity index is 1060. The summed E-state index contributed by atoms with van der Waals surface area (Å²) in [4.78, 5) is 37.7. The standard InChI is InChI=1S/C27H34O10/c1-15-8-11-32-18(28)6-4-5-7-19(29)35-16-12-17-27(14-34-27)25(16,3)26(13-33-23(31)20(15)30)10-9-24(2)21(37-24)22(26)36-17/h4-7,15-17,20-22,30H,8-14H2,1-3H3/b6-4+,7-5-/t15-,16-,17-,20+,21+,22-,24?,25-,26?,27?/m1/s1. The Morgan fingerprint density at radius 2 is 1.68 bits per heavy atom. The monoisotopic (exact) mass is 518 g/mol. The number of ether oxygens (including phenoxy) is 6. The predicted molar refractivity (Wildman–Crippen MR) is 125 cm³/mol. The molecule has 2 saturated carbocycles. The van der Waals surface area contributed by atoms with Gasteiger partial charge in [0.2, 0.25) is 0 Å². The number of hydrogen-bond acceptors (Lipinski definition) is 10. The van der Waals surface area contributed by atoms with E-state index in [2.05, 4.69) is 13.8 Å². The normalized spacial score (nSPS) is 52.9. The third-order valence-electron chi connectivity index (χ3n) is 10.0. The smallest absolute Gasteiger partial charge is 0.335 e. The lowest BCUT2D eigenvalue weighted by atomic mass is 9.50. The van der Waals surface area contributed by atoms with Crippen molar-refractivity contribution in [2.24, 2.45) is 16.7 Å². The van der Waals surface area contributed by atoms with Gasteiger partial charge < -0.3 is 33.5 Å². The molecule has 2 aliphatic carbocycles. The van der Waals surface area contributed by atoms with Crippen LogP contribution in [0.4, 0.5) is 0 Å². The molecule has 202 valence electrons. The molecule has 0 aromatic carbocycles. The summed E-state index contributed by atoms with van der Waals surface area (Å²) in [6, 6.07) is 0. The van der Waals surface area contributed by atoms with Crippen LogP contribution in [0, 0.1) is 16.7 Å². The topological polar surface area (TPSA) is 133 Å². The zero-order valence-electron chi connectivity index (χ0n) is 21.3. The van der Waals surface area contributed by atoms with E-state index in [1.165, 1.54) is 24.3 Å². The lowest BCUT2D eigenvalue weighted by Crippen LogP contribution is -2.69. The molecule has 2 bridgehead atoms. The van der Waals surface area contributed by atoms with Gasteiger partial charge in [-0.25, -0.2) is 14.4 Å². The molecule has 3 unspecified atom stereocenters. The van der Waals surface area contributed by atoms with E-state index < -0.39 is 52.5 Å². The average Bonchev–Trinajstić information content (AvgIpc) is 3.77. The van der Waals surface area contributed by atoms with E-state index in [0.717, 1.165) is 6.42 Å². The predicted octanol–water partition coefficient (Wildman–Crippen LogP) is 1.38. The van der Waals surface area contributed by atoms with Gasteiger partial charge in [0, 0.05) is 24.0 Å².